The number of aromatic nitrogens is 2. The molecule has 3 N–H and O–H groups in total. The van der Waals surface area contributed by atoms with Gasteiger partial charge in [0, 0.05) is 25.6 Å². The second-order valence-electron chi connectivity index (χ2n) is 4.72. The third-order valence-electron chi connectivity index (χ3n) is 2.54. The third kappa shape index (κ3) is 4.19. The second kappa shape index (κ2) is 5.82. The van der Waals surface area contributed by atoms with E-state index in [1.54, 1.807) is 13.0 Å². The van der Waals surface area contributed by atoms with Gasteiger partial charge in [0.15, 0.2) is 0 Å². The first-order valence-corrected chi connectivity index (χ1v) is 5.93. The highest BCUT2D eigenvalue weighted by molar-refractivity contribution is 5.46. The Morgan fingerprint density at radius 1 is 1.35 bits per heavy atom. The Morgan fingerprint density at radius 3 is 2.53 bits per heavy atom. The molecular formula is C12H22N4O. The molecular weight excluding hydrogens is 216 g/mol. The second-order valence-corrected chi connectivity index (χ2v) is 4.72. The van der Waals surface area contributed by atoms with Gasteiger partial charge in [-0.05, 0) is 13.3 Å². The molecule has 0 bridgehead atoms. The van der Waals surface area contributed by atoms with Gasteiger partial charge in [0.25, 0.3) is 0 Å². The standard InChI is InChI=1S/C12H22N4O/c1-8(2)12-14-10(13)7-11(15-12)16(4)6-5-9(3)17/h7-9,17H,5-6H2,1-4H3,(H2,13,14,15). The number of nitrogen functional groups attached to an aromatic ring is 1. The first-order valence-electron chi connectivity index (χ1n) is 5.93. The van der Waals surface area contributed by atoms with Gasteiger partial charge < -0.3 is 15.7 Å². The molecule has 0 fully saturated rings. The summed E-state index contributed by atoms with van der Waals surface area (Å²) in [5.74, 6) is 2.30. The van der Waals surface area contributed by atoms with Gasteiger partial charge in [-0.3, -0.25) is 0 Å². The van der Waals surface area contributed by atoms with E-state index in [-0.39, 0.29) is 12.0 Å². The van der Waals surface area contributed by atoms with Crippen molar-refractivity contribution in [1.82, 2.24) is 9.97 Å². The normalized spacial score (nSPS) is 12.8. The molecule has 0 spiro atoms. The van der Waals surface area contributed by atoms with Crippen LogP contribution in [0.2, 0.25) is 0 Å². The molecule has 0 aliphatic heterocycles. The van der Waals surface area contributed by atoms with Gasteiger partial charge in [-0.1, -0.05) is 13.8 Å². The van der Waals surface area contributed by atoms with Gasteiger partial charge in [0.05, 0.1) is 6.10 Å². The summed E-state index contributed by atoms with van der Waals surface area (Å²) in [4.78, 5) is 10.6. The van der Waals surface area contributed by atoms with Crippen LogP contribution in [0.15, 0.2) is 6.07 Å². The highest BCUT2D eigenvalue weighted by atomic mass is 16.3. The zero-order chi connectivity index (χ0) is 13.0. The smallest absolute Gasteiger partial charge is 0.135 e. The predicted molar refractivity (Wildman–Crippen MR) is 70.1 cm³/mol. The number of nitrogens with zero attached hydrogens (tertiary/aromatic N) is 3. The van der Waals surface area contributed by atoms with E-state index >= 15 is 0 Å². The van der Waals surface area contributed by atoms with Crippen molar-refractivity contribution in [3.8, 4) is 0 Å². The van der Waals surface area contributed by atoms with E-state index in [1.807, 2.05) is 25.8 Å². The third-order valence-corrected chi connectivity index (χ3v) is 2.54. The molecule has 5 heteroatoms. The van der Waals surface area contributed by atoms with Gasteiger partial charge >= 0.3 is 0 Å². The van der Waals surface area contributed by atoms with E-state index in [1.165, 1.54) is 0 Å². The number of hydrogen-bond acceptors (Lipinski definition) is 5. The Kier molecular flexibility index (Phi) is 4.69. The molecule has 1 aromatic rings. The van der Waals surface area contributed by atoms with E-state index in [9.17, 15) is 5.11 Å². The number of aliphatic hydroxyl groups is 1. The van der Waals surface area contributed by atoms with Crippen LogP contribution >= 0.6 is 0 Å². The Labute approximate surface area is 103 Å². The summed E-state index contributed by atoms with van der Waals surface area (Å²) >= 11 is 0. The maximum atomic E-state index is 9.26. The molecule has 1 rings (SSSR count). The van der Waals surface area contributed by atoms with Crippen LogP contribution in [-0.2, 0) is 0 Å². The molecule has 17 heavy (non-hydrogen) atoms. The summed E-state index contributed by atoms with van der Waals surface area (Å²) in [5.41, 5.74) is 5.76. The lowest BCUT2D eigenvalue weighted by atomic mass is 10.2. The topological polar surface area (TPSA) is 75.3 Å². The highest BCUT2D eigenvalue weighted by Crippen LogP contribution is 2.17. The molecule has 0 saturated heterocycles. The van der Waals surface area contributed by atoms with Crippen LogP contribution in [0, 0.1) is 0 Å². The Balaban J connectivity index is 2.82. The Bertz CT molecular complexity index is 366. The van der Waals surface area contributed by atoms with Crippen LogP contribution < -0.4 is 10.6 Å². The number of anilines is 2. The molecule has 0 radical (unpaired) electrons. The summed E-state index contributed by atoms with van der Waals surface area (Å²) in [5, 5.41) is 9.26. The molecule has 1 heterocycles. The molecule has 1 unspecified atom stereocenters. The van der Waals surface area contributed by atoms with Crippen molar-refractivity contribution in [2.45, 2.75) is 39.2 Å². The average molecular weight is 238 g/mol. The molecule has 96 valence electrons. The summed E-state index contributed by atoms with van der Waals surface area (Å²) < 4.78 is 0. The van der Waals surface area contributed by atoms with Crippen LogP contribution in [0.25, 0.3) is 0 Å². The number of aliphatic hydroxyl groups excluding tert-OH is 1. The van der Waals surface area contributed by atoms with Crippen molar-refractivity contribution in [3.05, 3.63) is 11.9 Å². The fourth-order valence-electron chi connectivity index (χ4n) is 1.42. The lowest BCUT2D eigenvalue weighted by molar-refractivity contribution is 0.187. The van der Waals surface area contributed by atoms with Crippen molar-refractivity contribution in [3.63, 3.8) is 0 Å². The van der Waals surface area contributed by atoms with Crippen LogP contribution in [-0.4, -0.2) is 34.8 Å². The summed E-state index contributed by atoms with van der Waals surface area (Å²) in [6.45, 7) is 6.59. The largest absolute Gasteiger partial charge is 0.393 e. The summed E-state index contributed by atoms with van der Waals surface area (Å²) in [6.07, 6.45) is 0.401. The maximum absolute atomic E-state index is 9.26. The van der Waals surface area contributed by atoms with E-state index in [2.05, 4.69) is 9.97 Å². The minimum Gasteiger partial charge on any atom is -0.393 e. The molecule has 0 saturated carbocycles. The lowest BCUT2D eigenvalue weighted by Crippen LogP contribution is -2.23. The van der Waals surface area contributed by atoms with Crippen LogP contribution in [0.3, 0.4) is 0 Å². The van der Waals surface area contributed by atoms with Crippen LogP contribution in [0.5, 0.6) is 0 Å². The molecule has 5 nitrogen and oxygen atoms in total. The SMILES string of the molecule is CC(O)CCN(C)c1cc(N)nc(C(C)C)n1. The molecule has 1 atom stereocenters. The predicted octanol–water partition coefficient (Wildman–Crippen LogP) is 1.39. The molecule has 0 aliphatic rings. The number of hydrogen-bond donors (Lipinski definition) is 2. The average Bonchev–Trinajstić information content (AvgIpc) is 2.24. The molecule has 0 aromatic carbocycles. The van der Waals surface area contributed by atoms with Crippen molar-refractivity contribution in [2.75, 3.05) is 24.2 Å². The van der Waals surface area contributed by atoms with Gasteiger partial charge in [-0.25, -0.2) is 9.97 Å². The zero-order valence-corrected chi connectivity index (χ0v) is 11.0. The maximum Gasteiger partial charge on any atom is 0.135 e. The van der Waals surface area contributed by atoms with E-state index < -0.39 is 0 Å². The minimum atomic E-state index is -0.304. The summed E-state index contributed by atoms with van der Waals surface area (Å²) in [6, 6.07) is 1.76. The molecule has 1 aromatic heterocycles. The first-order chi connectivity index (χ1) is 7.90. The minimum absolute atomic E-state index is 0.252. The van der Waals surface area contributed by atoms with E-state index in [0.29, 0.717) is 12.2 Å². The van der Waals surface area contributed by atoms with Gasteiger partial charge in [-0.15, -0.1) is 0 Å². The van der Waals surface area contributed by atoms with Gasteiger partial charge in [0.1, 0.15) is 17.5 Å². The van der Waals surface area contributed by atoms with E-state index in [4.69, 9.17) is 5.73 Å². The van der Waals surface area contributed by atoms with Crippen molar-refractivity contribution < 1.29 is 5.11 Å². The van der Waals surface area contributed by atoms with Crippen molar-refractivity contribution >= 4 is 11.6 Å². The van der Waals surface area contributed by atoms with Crippen LogP contribution in [0.1, 0.15) is 38.9 Å². The number of rotatable bonds is 5. The monoisotopic (exact) mass is 238 g/mol. The molecule has 0 aliphatic carbocycles. The first kappa shape index (κ1) is 13.7. The Morgan fingerprint density at radius 2 is 2.00 bits per heavy atom. The van der Waals surface area contributed by atoms with E-state index in [0.717, 1.165) is 18.2 Å². The number of nitrogens with two attached hydrogens (primary N) is 1. The van der Waals surface area contributed by atoms with Crippen LogP contribution in [0.4, 0.5) is 11.6 Å². The van der Waals surface area contributed by atoms with Crippen molar-refractivity contribution in [2.24, 2.45) is 0 Å². The molecule has 0 amide bonds. The van der Waals surface area contributed by atoms with Crippen molar-refractivity contribution in [1.29, 1.82) is 0 Å². The summed E-state index contributed by atoms with van der Waals surface area (Å²) in [7, 11) is 1.94. The zero-order valence-electron chi connectivity index (χ0n) is 11.0. The Hall–Kier alpha value is -1.36. The fraction of sp³-hybridized carbons (Fsp3) is 0.667. The fourth-order valence-corrected chi connectivity index (χ4v) is 1.42. The quantitative estimate of drug-likeness (QED) is 0.810. The van der Waals surface area contributed by atoms with Gasteiger partial charge in [0.2, 0.25) is 0 Å². The van der Waals surface area contributed by atoms with Gasteiger partial charge in [-0.2, -0.15) is 0 Å². The lowest BCUT2D eigenvalue weighted by Gasteiger charge is -2.20. The highest BCUT2D eigenvalue weighted by Gasteiger charge is 2.10.